The predicted octanol–water partition coefficient (Wildman–Crippen LogP) is 2.89. The summed E-state index contributed by atoms with van der Waals surface area (Å²) in [6.45, 7) is 6.91. The molecule has 1 heterocycles. The van der Waals surface area contributed by atoms with E-state index in [2.05, 4.69) is 48.2 Å². The first-order valence-electron chi connectivity index (χ1n) is 7.74. The Morgan fingerprint density at radius 1 is 1.30 bits per heavy atom. The highest BCUT2D eigenvalue weighted by Crippen LogP contribution is 2.29. The molecule has 0 radical (unpaired) electrons. The van der Waals surface area contributed by atoms with E-state index in [1.807, 2.05) is 0 Å². The summed E-state index contributed by atoms with van der Waals surface area (Å²) >= 11 is 0. The Kier molecular flexibility index (Phi) is 5.68. The van der Waals surface area contributed by atoms with Gasteiger partial charge in [-0.2, -0.15) is 0 Å². The summed E-state index contributed by atoms with van der Waals surface area (Å²) in [6.07, 6.45) is 5.29. The van der Waals surface area contributed by atoms with Gasteiger partial charge in [0.1, 0.15) is 11.4 Å². The number of hydrogen-bond donors (Lipinski definition) is 1. The maximum absolute atomic E-state index is 12.0. The van der Waals surface area contributed by atoms with Crippen LogP contribution in [0.15, 0.2) is 30.7 Å². The summed E-state index contributed by atoms with van der Waals surface area (Å²) in [7, 11) is 1.70. The Labute approximate surface area is 137 Å². The third kappa shape index (κ3) is 4.28. The van der Waals surface area contributed by atoms with Crippen LogP contribution >= 0.6 is 0 Å². The number of nitrogens with zero attached hydrogens (tertiary/aromatic N) is 2. The zero-order valence-corrected chi connectivity index (χ0v) is 14.1. The number of benzene rings is 1. The highest BCUT2D eigenvalue weighted by Gasteiger charge is 2.12. The molecule has 0 spiro atoms. The first-order chi connectivity index (χ1) is 11.0. The highest BCUT2D eigenvalue weighted by molar-refractivity contribution is 5.91. The van der Waals surface area contributed by atoms with Crippen molar-refractivity contribution in [3.63, 3.8) is 0 Å². The molecular weight excluding hydrogens is 290 g/mol. The lowest BCUT2D eigenvalue weighted by molar-refractivity contribution is 0.0948. The molecule has 1 aromatic heterocycles. The molecule has 0 atom stereocenters. The van der Waals surface area contributed by atoms with Crippen molar-refractivity contribution in [2.24, 2.45) is 0 Å². The SMILES string of the molecule is COc1cc(C)c(CCNC(=O)c2cnccn2)cc1C(C)C. The molecule has 0 aliphatic carbocycles. The van der Waals surface area contributed by atoms with Gasteiger partial charge in [0.2, 0.25) is 0 Å². The van der Waals surface area contributed by atoms with Crippen LogP contribution < -0.4 is 10.1 Å². The lowest BCUT2D eigenvalue weighted by atomic mass is 9.95. The Balaban J connectivity index is 2.03. The van der Waals surface area contributed by atoms with Gasteiger partial charge in [0.25, 0.3) is 5.91 Å². The summed E-state index contributed by atoms with van der Waals surface area (Å²) in [5, 5.41) is 2.88. The van der Waals surface area contributed by atoms with Gasteiger partial charge in [-0.25, -0.2) is 4.98 Å². The molecule has 5 nitrogen and oxygen atoms in total. The van der Waals surface area contributed by atoms with E-state index in [0.29, 0.717) is 18.2 Å². The van der Waals surface area contributed by atoms with Gasteiger partial charge in [-0.05, 0) is 42.0 Å². The van der Waals surface area contributed by atoms with Gasteiger partial charge in [-0.15, -0.1) is 0 Å². The summed E-state index contributed by atoms with van der Waals surface area (Å²) in [4.78, 5) is 19.9. The lowest BCUT2D eigenvalue weighted by Crippen LogP contribution is -2.26. The second-order valence-electron chi connectivity index (χ2n) is 5.77. The molecule has 2 aromatic rings. The Hall–Kier alpha value is -2.43. The van der Waals surface area contributed by atoms with Crippen molar-refractivity contribution in [2.75, 3.05) is 13.7 Å². The van der Waals surface area contributed by atoms with Crippen LogP contribution in [0.3, 0.4) is 0 Å². The maximum atomic E-state index is 12.0. The minimum Gasteiger partial charge on any atom is -0.496 e. The molecule has 23 heavy (non-hydrogen) atoms. The van der Waals surface area contributed by atoms with Crippen LogP contribution in [0.25, 0.3) is 0 Å². The van der Waals surface area contributed by atoms with E-state index in [9.17, 15) is 4.79 Å². The van der Waals surface area contributed by atoms with Crippen molar-refractivity contribution in [2.45, 2.75) is 33.1 Å². The summed E-state index contributed by atoms with van der Waals surface area (Å²) in [5.41, 5.74) is 3.91. The first-order valence-corrected chi connectivity index (χ1v) is 7.74. The minimum absolute atomic E-state index is 0.201. The molecule has 5 heteroatoms. The molecule has 1 N–H and O–H groups in total. The largest absolute Gasteiger partial charge is 0.496 e. The van der Waals surface area contributed by atoms with Crippen LogP contribution in [0, 0.1) is 6.92 Å². The third-order valence-electron chi connectivity index (χ3n) is 3.79. The molecule has 0 aliphatic rings. The van der Waals surface area contributed by atoms with E-state index in [4.69, 9.17) is 4.74 Å². The van der Waals surface area contributed by atoms with E-state index >= 15 is 0 Å². The quantitative estimate of drug-likeness (QED) is 0.890. The molecule has 122 valence electrons. The summed E-state index contributed by atoms with van der Waals surface area (Å²) in [6, 6.07) is 4.24. The fraction of sp³-hybridized carbons (Fsp3) is 0.389. The highest BCUT2D eigenvalue weighted by atomic mass is 16.5. The Morgan fingerprint density at radius 2 is 2.09 bits per heavy atom. The molecule has 0 fully saturated rings. The van der Waals surface area contributed by atoms with Crippen LogP contribution in [-0.4, -0.2) is 29.5 Å². The molecule has 1 amide bonds. The molecule has 2 rings (SSSR count). The number of amides is 1. The number of nitrogens with one attached hydrogen (secondary N) is 1. The molecule has 0 saturated carbocycles. The lowest BCUT2D eigenvalue weighted by Gasteiger charge is -2.16. The van der Waals surface area contributed by atoms with Gasteiger partial charge >= 0.3 is 0 Å². The number of aryl methyl sites for hydroxylation is 1. The number of aromatic nitrogens is 2. The molecule has 0 bridgehead atoms. The molecule has 0 unspecified atom stereocenters. The van der Waals surface area contributed by atoms with Crippen LogP contribution in [0.2, 0.25) is 0 Å². The third-order valence-corrected chi connectivity index (χ3v) is 3.79. The first kappa shape index (κ1) is 16.9. The monoisotopic (exact) mass is 313 g/mol. The van der Waals surface area contributed by atoms with Crippen LogP contribution in [0.5, 0.6) is 5.75 Å². The van der Waals surface area contributed by atoms with Crippen LogP contribution in [-0.2, 0) is 6.42 Å². The van der Waals surface area contributed by atoms with Gasteiger partial charge < -0.3 is 10.1 Å². The van der Waals surface area contributed by atoms with Crippen LogP contribution in [0.1, 0.15) is 46.9 Å². The molecule has 0 aliphatic heterocycles. The van der Waals surface area contributed by atoms with Gasteiger partial charge in [-0.1, -0.05) is 19.9 Å². The number of carbonyl (C=O) groups excluding carboxylic acids is 1. The van der Waals surface area contributed by atoms with Gasteiger partial charge in [0, 0.05) is 18.9 Å². The standard InChI is InChI=1S/C18H23N3O2/c1-12(2)15-10-14(13(3)9-17(15)23-4)5-6-21-18(22)16-11-19-7-8-20-16/h7-12H,5-6H2,1-4H3,(H,21,22). The average Bonchev–Trinajstić information content (AvgIpc) is 2.56. The second kappa shape index (κ2) is 7.72. The van der Waals surface area contributed by atoms with Crippen LogP contribution in [0.4, 0.5) is 0 Å². The van der Waals surface area contributed by atoms with E-state index in [0.717, 1.165) is 12.2 Å². The number of rotatable bonds is 6. The maximum Gasteiger partial charge on any atom is 0.271 e. The molecular formula is C18H23N3O2. The number of hydrogen-bond acceptors (Lipinski definition) is 4. The summed E-state index contributed by atoms with van der Waals surface area (Å²) in [5.74, 6) is 1.11. The fourth-order valence-corrected chi connectivity index (χ4v) is 2.46. The normalized spacial score (nSPS) is 10.7. The van der Waals surface area contributed by atoms with Crippen molar-refractivity contribution in [3.8, 4) is 5.75 Å². The van der Waals surface area contributed by atoms with E-state index in [-0.39, 0.29) is 5.91 Å². The van der Waals surface area contributed by atoms with Gasteiger partial charge in [0.15, 0.2) is 0 Å². The van der Waals surface area contributed by atoms with E-state index in [1.54, 1.807) is 13.3 Å². The topological polar surface area (TPSA) is 64.1 Å². The van der Waals surface area contributed by atoms with Crippen molar-refractivity contribution in [1.29, 1.82) is 0 Å². The fourth-order valence-electron chi connectivity index (χ4n) is 2.46. The minimum atomic E-state index is -0.201. The summed E-state index contributed by atoms with van der Waals surface area (Å²) < 4.78 is 5.46. The van der Waals surface area contributed by atoms with Gasteiger partial charge in [0.05, 0.1) is 13.3 Å². The number of ether oxygens (including phenoxy) is 1. The van der Waals surface area contributed by atoms with E-state index < -0.39 is 0 Å². The smallest absolute Gasteiger partial charge is 0.271 e. The Bertz CT molecular complexity index is 669. The predicted molar refractivity (Wildman–Crippen MR) is 89.9 cm³/mol. The van der Waals surface area contributed by atoms with Crippen molar-refractivity contribution >= 4 is 5.91 Å². The van der Waals surface area contributed by atoms with Crippen molar-refractivity contribution < 1.29 is 9.53 Å². The zero-order chi connectivity index (χ0) is 16.8. The Morgan fingerprint density at radius 3 is 2.70 bits per heavy atom. The van der Waals surface area contributed by atoms with Crippen molar-refractivity contribution in [1.82, 2.24) is 15.3 Å². The molecule has 1 aromatic carbocycles. The zero-order valence-electron chi connectivity index (χ0n) is 14.1. The second-order valence-corrected chi connectivity index (χ2v) is 5.77. The molecule has 0 saturated heterocycles. The van der Waals surface area contributed by atoms with Crippen molar-refractivity contribution in [3.05, 3.63) is 53.1 Å². The number of methoxy groups -OCH3 is 1. The number of carbonyl (C=O) groups is 1. The van der Waals surface area contributed by atoms with Gasteiger partial charge in [-0.3, -0.25) is 9.78 Å². The average molecular weight is 313 g/mol. The van der Waals surface area contributed by atoms with E-state index in [1.165, 1.54) is 29.1 Å².